The second kappa shape index (κ2) is 5.40. The summed E-state index contributed by atoms with van der Waals surface area (Å²) in [4.78, 5) is 12.0. The summed E-state index contributed by atoms with van der Waals surface area (Å²) in [5.41, 5.74) is -0.495. The molecular weight excluding hydrogens is 280 g/mol. The van der Waals surface area contributed by atoms with Crippen LogP contribution in [0.4, 0.5) is 14.5 Å². The predicted octanol–water partition coefficient (Wildman–Crippen LogP) is 2.74. The van der Waals surface area contributed by atoms with Gasteiger partial charge >= 0.3 is 0 Å². The minimum absolute atomic E-state index is 0.0289. The Morgan fingerprint density at radius 1 is 1.05 bits per heavy atom. The van der Waals surface area contributed by atoms with Gasteiger partial charge in [-0.05, 0) is 24.3 Å². The number of fused-ring (bicyclic) bond motifs is 1. The molecule has 0 fully saturated rings. The minimum Gasteiger partial charge on any atom is -0.485 e. The van der Waals surface area contributed by atoms with Crippen molar-refractivity contribution in [2.24, 2.45) is 0 Å². The van der Waals surface area contributed by atoms with Crippen molar-refractivity contribution < 1.29 is 23.0 Å². The van der Waals surface area contributed by atoms with Crippen LogP contribution in [-0.4, -0.2) is 18.6 Å². The van der Waals surface area contributed by atoms with Gasteiger partial charge in [0, 0.05) is 0 Å². The highest BCUT2D eigenvalue weighted by molar-refractivity contribution is 5.95. The molecule has 0 aromatic heterocycles. The summed E-state index contributed by atoms with van der Waals surface area (Å²) in [6.07, 6.45) is -0.973. The molecule has 1 unspecified atom stereocenters. The molecule has 1 aliphatic heterocycles. The van der Waals surface area contributed by atoms with Gasteiger partial charge in [0.25, 0.3) is 5.91 Å². The Balaban J connectivity index is 1.76. The van der Waals surface area contributed by atoms with Crippen molar-refractivity contribution in [2.75, 3.05) is 11.9 Å². The number of hydrogen-bond acceptors (Lipinski definition) is 3. The highest BCUT2D eigenvalue weighted by atomic mass is 19.1. The molecule has 1 heterocycles. The Morgan fingerprint density at radius 2 is 1.71 bits per heavy atom. The highest BCUT2D eigenvalue weighted by Crippen LogP contribution is 2.31. The summed E-state index contributed by atoms with van der Waals surface area (Å²) in [5, 5.41) is 2.19. The van der Waals surface area contributed by atoms with Crippen LogP contribution < -0.4 is 14.8 Å². The van der Waals surface area contributed by atoms with Crippen molar-refractivity contribution in [2.45, 2.75) is 6.10 Å². The van der Waals surface area contributed by atoms with E-state index in [2.05, 4.69) is 5.32 Å². The number of para-hydroxylation sites is 3. The first-order valence-corrected chi connectivity index (χ1v) is 6.28. The fourth-order valence-corrected chi connectivity index (χ4v) is 1.97. The third kappa shape index (κ3) is 2.65. The van der Waals surface area contributed by atoms with Crippen LogP contribution in [0.15, 0.2) is 42.5 Å². The summed E-state index contributed by atoms with van der Waals surface area (Å²) in [6, 6.07) is 10.2. The van der Waals surface area contributed by atoms with E-state index in [1.807, 2.05) is 0 Å². The molecule has 4 nitrogen and oxygen atoms in total. The van der Waals surface area contributed by atoms with Crippen molar-refractivity contribution >= 4 is 11.6 Å². The maximum absolute atomic E-state index is 13.5. The van der Waals surface area contributed by atoms with Crippen molar-refractivity contribution in [1.29, 1.82) is 0 Å². The summed E-state index contributed by atoms with van der Waals surface area (Å²) in [7, 11) is 0. The molecule has 0 spiro atoms. The first kappa shape index (κ1) is 13.4. The molecule has 0 saturated carbocycles. The van der Waals surface area contributed by atoms with Gasteiger partial charge in [-0.15, -0.1) is 0 Å². The molecular formula is C15H11F2NO3. The number of benzene rings is 2. The zero-order valence-electron chi connectivity index (χ0n) is 10.8. The molecule has 1 aliphatic rings. The van der Waals surface area contributed by atoms with E-state index in [-0.39, 0.29) is 6.61 Å². The van der Waals surface area contributed by atoms with Gasteiger partial charge in [0.05, 0.1) is 0 Å². The molecule has 2 aromatic rings. The van der Waals surface area contributed by atoms with Gasteiger partial charge in [0.2, 0.25) is 6.10 Å². The smallest absolute Gasteiger partial charge is 0.269 e. The molecule has 6 heteroatoms. The molecule has 0 saturated heterocycles. The SMILES string of the molecule is O=C(Nc1c(F)cccc1F)C1COc2ccccc2O1. The van der Waals surface area contributed by atoms with E-state index in [0.29, 0.717) is 11.5 Å². The van der Waals surface area contributed by atoms with E-state index >= 15 is 0 Å². The Hall–Kier alpha value is -2.63. The molecule has 1 amide bonds. The van der Waals surface area contributed by atoms with Gasteiger partial charge in [0.15, 0.2) is 11.5 Å². The van der Waals surface area contributed by atoms with E-state index in [0.717, 1.165) is 12.1 Å². The number of halogens is 2. The first-order valence-electron chi connectivity index (χ1n) is 6.28. The zero-order valence-corrected chi connectivity index (χ0v) is 10.8. The third-order valence-electron chi connectivity index (χ3n) is 3.01. The van der Waals surface area contributed by atoms with Crippen molar-refractivity contribution in [1.82, 2.24) is 0 Å². The Labute approximate surface area is 119 Å². The normalized spacial score (nSPS) is 16.4. The van der Waals surface area contributed by atoms with Crippen LogP contribution in [0.1, 0.15) is 0 Å². The van der Waals surface area contributed by atoms with Crippen LogP contribution in [0.25, 0.3) is 0 Å². The lowest BCUT2D eigenvalue weighted by Gasteiger charge is -2.25. The van der Waals surface area contributed by atoms with E-state index in [9.17, 15) is 13.6 Å². The van der Waals surface area contributed by atoms with Crippen molar-refractivity contribution in [3.8, 4) is 11.5 Å². The number of nitrogens with one attached hydrogen (secondary N) is 1. The summed E-state index contributed by atoms with van der Waals surface area (Å²) < 4.78 is 37.8. The topological polar surface area (TPSA) is 47.6 Å². The summed E-state index contributed by atoms with van der Waals surface area (Å²) in [5.74, 6) is -1.43. The van der Waals surface area contributed by atoms with Crippen molar-refractivity contribution in [3.63, 3.8) is 0 Å². The molecule has 0 radical (unpaired) electrons. The molecule has 1 N–H and O–H groups in total. The Morgan fingerprint density at radius 3 is 2.43 bits per heavy atom. The Kier molecular flexibility index (Phi) is 3.43. The fourth-order valence-electron chi connectivity index (χ4n) is 1.97. The number of carbonyl (C=O) groups excluding carboxylic acids is 1. The van der Waals surface area contributed by atoms with Gasteiger partial charge in [-0.25, -0.2) is 8.78 Å². The number of carbonyl (C=O) groups is 1. The summed E-state index contributed by atoms with van der Waals surface area (Å²) >= 11 is 0. The van der Waals surface area contributed by atoms with Gasteiger partial charge in [-0.3, -0.25) is 4.79 Å². The third-order valence-corrected chi connectivity index (χ3v) is 3.01. The van der Waals surface area contributed by atoms with E-state index < -0.39 is 29.3 Å². The maximum atomic E-state index is 13.5. The summed E-state index contributed by atoms with van der Waals surface area (Å²) in [6.45, 7) is -0.0289. The quantitative estimate of drug-likeness (QED) is 0.925. The molecule has 108 valence electrons. The van der Waals surface area contributed by atoms with Gasteiger partial charge in [-0.1, -0.05) is 18.2 Å². The lowest BCUT2D eigenvalue weighted by atomic mass is 10.2. The molecule has 21 heavy (non-hydrogen) atoms. The number of anilines is 1. The maximum Gasteiger partial charge on any atom is 0.269 e. The van der Waals surface area contributed by atoms with Crippen molar-refractivity contribution in [3.05, 3.63) is 54.1 Å². The van der Waals surface area contributed by atoms with Crippen LogP contribution in [0, 0.1) is 11.6 Å². The fraction of sp³-hybridized carbons (Fsp3) is 0.133. The largest absolute Gasteiger partial charge is 0.485 e. The molecule has 3 rings (SSSR count). The number of hydrogen-bond donors (Lipinski definition) is 1. The van der Waals surface area contributed by atoms with Crippen LogP contribution in [-0.2, 0) is 4.79 Å². The monoisotopic (exact) mass is 291 g/mol. The molecule has 0 aliphatic carbocycles. The van der Waals surface area contributed by atoms with Crippen LogP contribution in [0.2, 0.25) is 0 Å². The molecule has 2 aromatic carbocycles. The molecule has 1 atom stereocenters. The Bertz CT molecular complexity index is 670. The van der Waals surface area contributed by atoms with Gasteiger partial charge < -0.3 is 14.8 Å². The van der Waals surface area contributed by atoms with Crippen LogP contribution in [0.3, 0.4) is 0 Å². The lowest BCUT2D eigenvalue weighted by Crippen LogP contribution is -2.40. The number of ether oxygens (including phenoxy) is 2. The van der Waals surface area contributed by atoms with Crippen LogP contribution >= 0.6 is 0 Å². The van der Waals surface area contributed by atoms with E-state index in [1.165, 1.54) is 6.07 Å². The second-order valence-electron chi connectivity index (χ2n) is 4.45. The lowest BCUT2D eigenvalue weighted by molar-refractivity contribution is -0.125. The standard InChI is InChI=1S/C15H11F2NO3/c16-9-4-3-5-10(17)14(9)18-15(19)13-8-20-11-6-1-2-7-12(11)21-13/h1-7,13H,8H2,(H,18,19). The van der Waals surface area contributed by atoms with E-state index in [4.69, 9.17) is 9.47 Å². The molecule has 0 bridgehead atoms. The number of amides is 1. The minimum atomic E-state index is -0.973. The van der Waals surface area contributed by atoms with Crippen LogP contribution in [0.5, 0.6) is 11.5 Å². The first-order chi connectivity index (χ1) is 10.1. The predicted molar refractivity (Wildman–Crippen MR) is 71.3 cm³/mol. The number of rotatable bonds is 2. The zero-order chi connectivity index (χ0) is 14.8. The van der Waals surface area contributed by atoms with Gasteiger partial charge in [-0.2, -0.15) is 0 Å². The highest BCUT2D eigenvalue weighted by Gasteiger charge is 2.28. The average molecular weight is 291 g/mol. The average Bonchev–Trinajstić information content (AvgIpc) is 2.50. The second-order valence-corrected chi connectivity index (χ2v) is 4.45. The van der Waals surface area contributed by atoms with E-state index in [1.54, 1.807) is 24.3 Å². The van der Waals surface area contributed by atoms with Gasteiger partial charge in [0.1, 0.15) is 23.9 Å².